The molecule has 0 saturated heterocycles. The van der Waals surface area contributed by atoms with Gasteiger partial charge in [-0.2, -0.15) is 0 Å². The first-order valence-electron chi connectivity index (χ1n) is 11.9. The third-order valence-electron chi connectivity index (χ3n) is 8.22. The molecule has 5 unspecified atom stereocenters. The fourth-order valence-electron chi connectivity index (χ4n) is 6.83. The standard InChI is InChI=1S/C20H29NO.C6H13N/c1-4-19(3)11-15-12-20(13-19,16-8-6-5-7-9-16)10-14(2)17(15)18(21)22;7-6-4-2-1-3-5-6/h5-9,14-15,17H,4,10-13H2,1-3H3,(H2,21,22);6H,1-5,7H2. The molecule has 0 aliphatic heterocycles. The van der Waals surface area contributed by atoms with Crippen LogP contribution in [0.1, 0.15) is 90.5 Å². The fraction of sp³-hybridized carbons (Fsp3) is 0.731. The van der Waals surface area contributed by atoms with E-state index in [1.54, 1.807) is 0 Å². The van der Waals surface area contributed by atoms with Crippen LogP contribution in [-0.4, -0.2) is 11.9 Å². The summed E-state index contributed by atoms with van der Waals surface area (Å²) in [6, 6.07) is 11.5. The zero-order valence-corrected chi connectivity index (χ0v) is 18.8. The lowest BCUT2D eigenvalue weighted by Crippen LogP contribution is -2.53. The summed E-state index contributed by atoms with van der Waals surface area (Å²) >= 11 is 0. The Labute approximate surface area is 178 Å². The monoisotopic (exact) mass is 398 g/mol. The highest BCUT2D eigenvalue weighted by atomic mass is 16.1. The number of hydrogen-bond donors (Lipinski definition) is 2. The molecule has 162 valence electrons. The number of carbonyl (C=O) groups is 1. The molecule has 29 heavy (non-hydrogen) atoms. The number of hydrogen-bond acceptors (Lipinski definition) is 2. The first kappa shape index (κ1) is 22.3. The van der Waals surface area contributed by atoms with Crippen molar-refractivity contribution < 1.29 is 4.79 Å². The highest BCUT2D eigenvalue weighted by Crippen LogP contribution is 2.60. The molecule has 4 rings (SSSR count). The minimum Gasteiger partial charge on any atom is -0.369 e. The normalized spacial score (nSPS) is 37.3. The number of fused-ring (bicyclic) bond motifs is 2. The van der Waals surface area contributed by atoms with E-state index < -0.39 is 0 Å². The topological polar surface area (TPSA) is 69.1 Å². The Morgan fingerprint density at radius 2 is 1.72 bits per heavy atom. The van der Waals surface area contributed by atoms with Crippen LogP contribution in [0.2, 0.25) is 0 Å². The minimum absolute atomic E-state index is 0.0583. The summed E-state index contributed by atoms with van der Waals surface area (Å²) in [5.41, 5.74) is 13.4. The summed E-state index contributed by atoms with van der Waals surface area (Å²) in [5.74, 6) is 0.806. The van der Waals surface area contributed by atoms with E-state index in [0.717, 1.165) is 19.3 Å². The van der Waals surface area contributed by atoms with Crippen LogP contribution in [0, 0.1) is 23.2 Å². The summed E-state index contributed by atoms with van der Waals surface area (Å²) < 4.78 is 0. The second kappa shape index (κ2) is 9.20. The van der Waals surface area contributed by atoms with Gasteiger partial charge in [0.2, 0.25) is 5.91 Å². The number of rotatable bonds is 3. The van der Waals surface area contributed by atoms with E-state index in [2.05, 4.69) is 51.1 Å². The van der Waals surface area contributed by atoms with Crippen molar-refractivity contribution in [3.8, 4) is 0 Å². The average Bonchev–Trinajstić information content (AvgIpc) is 2.69. The van der Waals surface area contributed by atoms with E-state index in [9.17, 15) is 4.79 Å². The van der Waals surface area contributed by atoms with Gasteiger partial charge in [-0.25, -0.2) is 0 Å². The lowest BCUT2D eigenvalue weighted by molar-refractivity contribution is -0.131. The largest absolute Gasteiger partial charge is 0.369 e. The van der Waals surface area contributed by atoms with Crippen LogP contribution in [0.25, 0.3) is 0 Å². The lowest BCUT2D eigenvalue weighted by Gasteiger charge is -2.57. The SMILES string of the molecule is CCC1(C)CC2CC(c3ccccc3)(CC(C)C2C(N)=O)C1.NC1CCCCC1. The van der Waals surface area contributed by atoms with E-state index in [1.165, 1.54) is 50.5 Å². The first-order valence-corrected chi connectivity index (χ1v) is 11.9. The molecule has 0 radical (unpaired) electrons. The van der Waals surface area contributed by atoms with Gasteiger partial charge < -0.3 is 11.5 Å². The molecule has 1 amide bonds. The number of primary amides is 1. The van der Waals surface area contributed by atoms with Gasteiger partial charge in [0, 0.05) is 12.0 Å². The van der Waals surface area contributed by atoms with Crippen molar-refractivity contribution in [2.75, 3.05) is 0 Å². The predicted octanol–water partition coefficient (Wildman–Crippen LogP) is 5.56. The quantitative estimate of drug-likeness (QED) is 0.700. The van der Waals surface area contributed by atoms with Crippen molar-refractivity contribution in [1.29, 1.82) is 0 Å². The van der Waals surface area contributed by atoms with Crippen LogP contribution in [-0.2, 0) is 10.2 Å². The molecule has 0 heterocycles. The molecule has 0 aromatic heterocycles. The summed E-state index contributed by atoms with van der Waals surface area (Å²) in [6.07, 6.45) is 12.5. The molecule has 1 aromatic carbocycles. The number of benzene rings is 1. The Hall–Kier alpha value is -1.35. The van der Waals surface area contributed by atoms with Gasteiger partial charge in [0.1, 0.15) is 0 Å². The van der Waals surface area contributed by atoms with Gasteiger partial charge >= 0.3 is 0 Å². The Balaban J connectivity index is 0.000000290. The van der Waals surface area contributed by atoms with Gasteiger partial charge in [0.05, 0.1) is 0 Å². The predicted molar refractivity (Wildman–Crippen MR) is 121 cm³/mol. The molecule has 5 atom stereocenters. The summed E-state index contributed by atoms with van der Waals surface area (Å²) in [4.78, 5) is 12.0. The number of amides is 1. The summed E-state index contributed by atoms with van der Waals surface area (Å²) in [5, 5.41) is 0. The van der Waals surface area contributed by atoms with Crippen molar-refractivity contribution >= 4 is 5.91 Å². The molecule has 0 spiro atoms. The zero-order chi connectivity index (χ0) is 21.1. The lowest BCUT2D eigenvalue weighted by atomic mass is 9.47. The minimum atomic E-state index is -0.0838. The molecule has 3 aliphatic carbocycles. The molecule has 3 saturated carbocycles. The number of nitrogens with two attached hydrogens (primary N) is 2. The van der Waals surface area contributed by atoms with E-state index in [4.69, 9.17) is 11.5 Å². The van der Waals surface area contributed by atoms with Gasteiger partial charge in [-0.3, -0.25) is 4.79 Å². The van der Waals surface area contributed by atoms with Gasteiger partial charge in [-0.1, -0.05) is 76.8 Å². The van der Waals surface area contributed by atoms with Gasteiger partial charge in [-0.05, 0) is 66.8 Å². The molecule has 3 aliphatic rings. The maximum absolute atomic E-state index is 12.0. The molecular weight excluding hydrogens is 356 g/mol. The second-order valence-corrected chi connectivity index (χ2v) is 10.7. The molecule has 4 N–H and O–H groups in total. The Morgan fingerprint density at radius 1 is 1.07 bits per heavy atom. The molecule has 3 fully saturated rings. The highest BCUT2D eigenvalue weighted by Gasteiger charge is 2.54. The third kappa shape index (κ3) is 5.05. The summed E-state index contributed by atoms with van der Waals surface area (Å²) in [6.45, 7) is 6.93. The number of carbonyl (C=O) groups excluding carboxylic acids is 1. The van der Waals surface area contributed by atoms with E-state index in [-0.39, 0.29) is 17.2 Å². The van der Waals surface area contributed by atoms with Crippen LogP contribution < -0.4 is 11.5 Å². The van der Waals surface area contributed by atoms with Crippen LogP contribution in [0.4, 0.5) is 0 Å². The van der Waals surface area contributed by atoms with E-state index >= 15 is 0 Å². The maximum Gasteiger partial charge on any atom is 0.221 e. The van der Waals surface area contributed by atoms with Crippen molar-refractivity contribution in [1.82, 2.24) is 0 Å². The Kier molecular flexibility index (Phi) is 7.09. The second-order valence-electron chi connectivity index (χ2n) is 10.7. The summed E-state index contributed by atoms with van der Waals surface area (Å²) in [7, 11) is 0. The van der Waals surface area contributed by atoms with E-state index in [0.29, 0.717) is 23.3 Å². The van der Waals surface area contributed by atoms with Gasteiger partial charge in [0.15, 0.2) is 0 Å². The smallest absolute Gasteiger partial charge is 0.221 e. The van der Waals surface area contributed by atoms with Crippen LogP contribution >= 0.6 is 0 Å². The van der Waals surface area contributed by atoms with Crippen molar-refractivity contribution in [3.63, 3.8) is 0 Å². The fourth-order valence-corrected chi connectivity index (χ4v) is 6.83. The molecule has 1 aromatic rings. The third-order valence-corrected chi connectivity index (χ3v) is 8.22. The maximum atomic E-state index is 12.0. The molecule has 3 nitrogen and oxygen atoms in total. The van der Waals surface area contributed by atoms with Crippen molar-refractivity contribution in [2.24, 2.45) is 34.6 Å². The molecule has 2 bridgehead atoms. The van der Waals surface area contributed by atoms with Crippen LogP contribution in [0.5, 0.6) is 0 Å². The Morgan fingerprint density at radius 3 is 2.24 bits per heavy atom. The van der Waals surface area contributed by atoms with E-state index in [1.807, 2.05) is 0 Å². The van der Waals surface area contributed by atoms with Crippen LogP contribution in [0.15, 0.2) is 30.3 Å². The van der Waals surface area contributed by atoms with Gasteiger partial charge in [-0.15, -0.1) is 0 Å². The van der Waals surface area contributed by atoms with Gasteiger partial charge in [0.25, 0.3) is 0 Å². The molecular formula is C26H42N2O. The van der Waals surface area contributed by atoms with Crippen molar-refractivity contribution in [2.45, 2.75) is 96.4 Å². The highest BCUT2D eigenvalue weighted by molar-refractivity contribution is 5.77. The molecule has 3 heteroatoms. The Bertz CT molecular complexity index is 665. The first-order chi connectivity index (χ1) is 13.8. The van der Waals surface area contributed by atoms with Crippen molar-refractivity contribution in [3.05, 3.63) is 35.9 Å². The zero-order valence-electron chi connectivity index (χ0n) is 18.8. The van der Waals surface area contributed by atoms with Crippen LogP contribution in [0.3, 0.4) is 0 Å². The average molecular weight is 399 g/mol.